The molecule has 0 rings (SSSR count). The van der Waals surface area contributed by atoms with Gasteiger partial charge in [-0.05, 0) is 33.3 Å². The molecule has 124 valence electrons. The van der Waals surface area contributed by atoms with Gasteiger partial charge in [0, 0.05) is 11.7 Å². The van der Waals surface area contributed by atoms with E-state index >= 15 is 0 Å². The Morgan fingerprint density at radius 2 is 1.05 bits per heavy atom. The van der Waals surface area contributed by atoms with E-state index in [-0.39, 0.29) is 11.7 Å². The molecule has 0 aromatic rings. The van der Waals surface area contributed by atoms with Crippen molar-refractivity contribution < 1.29 is 48.3 Å². The number of allylic oxidation sites excluding steroid dienone is 2. The van der Waals surface area contributed by atoms with Crippen LogP contribution in [0, 0.1) is 0 Å². The fourth-order valence-electron chi connectivity index (χ4n) is 0. The monoisotopic (exact) mass is 348 g/mol. The van der Waals surface area contributed by atoms with Crippen LogP contribution in [0.1, 0.15) is 34.6 Å². The fourth-order valence-corrected chi connectivity index (χ4v) is 0. The van der Waals surface area contributed by atoms with Crippen LogP contribution in [0.4, 0.5) is 0 Å². The Labute approximate surface area is 144 Å². The molecule has 22 heavy (non-hydrogen) atoms. The number of hydrogen-bond acceptors (Lipinski definition) is 5. The molecule has 0 aliphatic carbocycles. The van der Waals surface area contributed by atoms with Gasteiger partial charge < -0.3 is 19.8 Å². The van der Waals surface area contributed by atoms with E-state index in [1.807, 2.05) is 0 Å². The van der Waals surface area contributed by atoms with Gasteiger partial charge in [-0.1, -0.05) is 20.4 Å². The topological polar surface area (TPSA) is 109 Å². The molecule has 0 atom stereocenters. The van der Waals surface area contributed by atoms with Crippen molar-refractivity contribution in [1.82, 2.24) is 0 Å². The molecule has 0 aromatic carbocycles. The van der Waals surface area contributed by atoms with Crippen molar-refractivity contribution in [3.63, 3.8) is 0 Å². The molecule has 0 aliphatic heterocycles. The normalized spacial score (nSPS) is 6.95. The predicted octanol–water partition coefficient (Wildman–Crippen LogP) is 2.26. The Hall–Kier alpha value is -1.50. The average molecular weight is 348 g/mol. The Bertz CT molecular complexity index is 315. The van der Waals surface area contributed by atoms with Crippen LogP contribution in [0.5, 0.6) is 0 Å². The predicted molar refractivity (Wildman–Crippen MR) is 81.5 cm³/mol. The second kappa shape index (κ2) is 27.8. The van der Waals surface area contributed by atoms with Gasteiger partial charge in [-0.25, -0.2) is 18.0 Å². The summed E-state index contributed by atoms with van der Waals surface area (Å²) in [6.45, 7) is 17.8. The summed E-state index contributed by atoms with van der Waals surface area (Å²) in [5.41, 5.74) is 1.07. The number of carbonyl (C=O) groups excluding carboxylic acids is 2. The van der Waals surface area contributed by atoms with Crippen LogP contribution in [0.15, 0.2) is 36.5 Å². The molecule has 0 heterocycles. The number of carboxylic acid groups (broad SMARTS) is 1. The quantitative estimate of drug-likeness (QED) is 0.460. The zero-order valence-corrected chi connectivity index (χ0v) is 15.3. The molecule has 0 amide bonds. The first-order valence-corrected chi connectivity index (χ1v) is 6.40. The Kier molecular flexibility index (Phi) is 41.0. The van der Waals surface area contributed by atoms with Crippen molar-refractivity contribution in [2.75, 3.05) is 0 Å². The summed E-state index contributed by atoms with van der Waals surface area (Å²) in [4.78, 5) is 28.2. The van der Waals surface area contributed by atoms with E-state index in [0.717, 1.165) is 20.4 Å². The number of carboxylic acids is 1. The first-order chi connectivity index (χ1) is 9.91. The van der Waals surface area contributed by atoms with Crippen LogP contribution in [0.25, 0.3) is 0 Å². The third-order valence-corrected chi connectivity index (χ3v) is 0.714. The Morgan fingerprint density at radius 1 is 0.955 bits per heavy atom. The molecule has 0 aromatic heterocycles. The van der Waals surface area contributed by atoms with E-state index in [9.17, 15) is 14.4 Å². The van der Waals surface area contributed by atoms with Gasteiger partial charge in [0.05, 0.1) is 0 Å². The van der Waals surface area contributed by atoms with Crippen LogP contribution in [-0.2, 0) is 38.1 Å². The molecule has 0 fully saturated rings. The summed E-state index contributed by atoms with van der Waals surface area (Å²) < 4.78 is 8.25. The molecule has 0 radical (unpaired) electrons. The zero-order chi connectivity index (χ0) is 19.3. The Morgan fingerprint density at radius 3 is 1.05 bits per heavy atom. The van der Waals surface area contributed by atoms with Gasteiger partial charge in [0.1, 0.15) is 0 Å². The SMILES string of the molecule is C=C(C)C(=O)O.C=C(C)[C-]=O.C=C(C)[C-]=O.CC(C)O.[O]=[Ti+2]. The van der Waals surface area contributed by atoms with Crippen molar-refractivity contribution in [2.45, 2.75) is 40.7 Å². The summed E-state index contributed by atoms with van der Waals surface area (Å²) in [6.07, 6.45) is 3.00. The molecule has 0 unspecified atom stereocenters. The molecule has 7 heteroatoms. The van der Waals surface area contributed by atoms with Gasteiger partial charge in [0.15, 0.2) is 0 Å². The van der Waals surface area contributed by atoms with Gasteiger partial charge in [-0.3, -0.25) is 0 Å². The minimum atomic E-state index is -0.935. The number of carbonyl (C=O) groups is 1. The summed E-state index contributed by atoms with van der Waals surface area (Å²) in [5, 5.41) is 15.9. The maximum atomic E-state index is 9.60. The standard InChI is InChI=1S/C4H6O2.2C4H5O.C3H8O.O.Ti/c1-3(2)4(5)6;2*1-4(2)3-5;1-3(2)4;;/h1H2,2H3,(H,5,6);2*1H2,2H3;3-4H,1-2H3;;/q;2*-1;;;+2. The second-order valence-electron chi connectivity index (χ2n) is 3.94. The number of hydrogen-bond donors (Lipinski definition) is 2. The molecule has 0 aliphatic rings. The van der Waals surface area contributed by atoms with E-state index in [2.05, 4.69) is 19.7 Å². The van der Waals surface area contributed by atoms with E-state index in [1.54, 1.807) is 40.3 Å². The van der Waals surface area contributed by atoms with Gasteiger partial charge >= 0.3 is 29.7 Å². The molecule has 0 bridgehead atoms. The van der Waals surface area contributed by atoms with Gasteiger partial charge in [-0.2, -0.15) is 11.1 Å². The summed E-state index contributed by atoms with van der Waals surface area (Å²) in [7, 11) is 0. The van der Waals surface area contributed by atoms with Crippen LogP contribution in [-0.4, -0.2) is 34.9 Å². The Balaban J connectivity index is -0.0000000567. The van der Waals surface area contributed by atoms with Crippen LogP contribution >= 0.6 is 0 Å². The van der Waals surface area contributed by atoms with Crippen LogP contribution in [0.3, 0.4) is 0 Å². The fraction of sp³-hybridized carbons (Fsp3) is 0.400. The van der Waals surface area contributed by atoms with Gasteiger partial charge in [0.25, 0.3) is 0 Å². The van der Waals surface area contributed by atoms with Crippen molar-refractivity contribution in [3.05, 3.63) is 36.5 Å². The van der Waals surface area contributed by atoms with E-state index < -0.39 is 5.97 Å². The van der Waals surface area contributed by atoms with Crippen molar-refractivity contribution in [3.8, 4) is 0 Å². The zero-order valence-electron chi connectivity index (χ0n) is 13.7. The number of aliphatic carboxylic acids is 1. The third-order valence-electron chi connectivity index (χ3n) is 0.714. The molecular formula is C15H24O6Ti. The van der Waals surface area contributed by atoms with Crippen LogP contribution in [0.2, 0.25) is 0 Å². The van der Waals surface area contributed by atoms with E-state index in [4.69, 9.17) is 13.5 Å². The molecular weight excluding hydrogens is 324 g/mol. The maximum absolute atomic E-state index is 9.60. The summed E-state index contributed by atoms with van der Waals surface area (Å²) in [6, 6.07) is 0. The molecule has 6 nitrogen and oxygen atoms in total. The number of aliphatic hydroxyl groups is 1. The van der Waals surface area contributed by atoms with E-state index in [0.29, 0.717) is 11.1 Å². The minimum absolute atomic E-state index is 0.167. The average Bonchev–Trinajstić information content (AvgIpc) is 2.41. The molecule has 0 spiro atoms. The number of aliphatic hydroxyl groups excluding tert-OH is 1. The summed E-state index contributed by atoms with van der Waals surface area (Å²) >= 11 is 0.750. The first-order valence-electron chi connectivity index (χ1n) is 5.76. The van der Waals surface area contributed by atoms with Gasteiger partial charge in [0.2, 0.25) is 0 Å². The molecule has 0 saturated carbocycles. The molecule has 2 N–H and O–H groups in total. The second-order valence-corrected chi connectivity index (χ2v) is 3.94. The van der Waals surface area contributed by atoms with Crippen molar-refractivity contribution in [2.24, 2.45) is 0 Å². The van der Waals surface area contributed by atoms with Crippen LogP contribution < -0.4 is 0 Å². The number of rotatable bonds is 3. The first kappa shape index (κ1) is 32.4. The summed E-state index contributed by atoms with van der Waals surface area (Å²) in [5.74, 6) is -0.935. The molecule has 0 saturated heterocycles. The van der Waals surface area contributed by atoms with E-state index in [1.165, 1.54) is 6.92 Å². The third kappa shape index (κ3) is 134. The van der Waals surface area contributed by atoms with Crippen molar-refractivity contribution >= 4 is 18.5 Å². The van der Waals surface area contributed by atoms with Gasteiger partial charge in [-0.15, -0.1) is 0 Å². The van der Waals surface area contributed by atoms with Crippen molar-refractivity contribution in [1.29, 1.82) is 0 Å².